The summed E-state index contributed by atoms with van der Waals surface area (Å²) in [7, 11) is 2.16. The minimum atomic E-state index is -2.10. The van der Waals surface area contributed by atoms with Crippen LogP contribution in [0.4, 0.5) is 4.79 Å². The van der Waals surface area contributed by atoms with Crippen molar-refractivity contribution in [1.82, 2.24) is 4.90 Å². The van der Waals surface area contributed by atoms with E-state index in [2.05, 4.69) is 6.58 Å². The lowest BCUT2D eigenvalue weighted by Crippen LogP contribution is -2.62. The van der Waals surface area contributed by atoms with Gasteiger partial charge in [-0.15, -0.1) is 0 Å². The average Bonchev–Trinajstić information content (AvgIpc) is 3.10. The molecule has 2 aliphatic rings. The zero-order valence-corrected chi connectivity index (χ0v) is 19.8. The number of hydrogen-bond acceptors (Lipinski definition) is 9. The lowest BCUT2D eigenvalue weighted by Gasteiger charge is -2.42. The van der Waals surface area contributed by atoms with Gasteiger partial charge in [0.05, 0.1) is 32.8 Å². The Labute approximate surface area is 187 Å². The fraction of sp³-hybridized carbons (Fsp3) is 0.762. The molecule has 1 saturated carbocycles. The van der Waals surface area contributed by atoms with Gasteiger partial charge in [-0.05, 0) is 34.6 Å². The van der Waals surface area contributed by atoms with Crippen LogP contribution in [0, 0.1) is 21.4 Å². The summed E-state index contributed by atoms with van der Waals surface area (Å²) in [4.78, 5) is 52.3. The molecule has 1 amide bonds. The molecule has 0 aromatic rings. The SMILES string of the molecule is C=C1CC(C(=O)OC)(C(=O)OC)[C@H]([C@@H]2COC(C)(C)N2C(=O)OC(C)(C)C)[C@@]1(C)[N+](=O)[O-]. The number of hydrogen-bond donors (Lipinski definition) is 0. The second kappa shape index (κ2) is 8.02. The Hall–Kier alpha value is -2.69. The molecule has 180 valence electrons. The molecule has 1 heterocycles. The van der Waals surface area contributed by atoms with Crippen LogP contribution in [0.5, 0.6) is 0 Å². The van der Waals surface area contributed by atoms with E-state index in [-0.39, 0.29) is 18.6 Å². The molecule has 1 saturated heterocycles. The van der Waals surface area contributed by atoms with Crippen molar-refractivity contribution in [2.45, 2.75) is 70.9 Å². The van der Waals surface area contributed by atoms with Crippen LogP contribution in [-0.4, -0.2) is 71.6 Å². The molecule has 1 aliphatic carbocycles. The first-order valence-corrected chi connectivity index (χ1v) is 10.2. The number of amides is 1. The molecule has 0 radical (unpaired) electrons. The normalized spacial score (nSPS) is 28.9. The van der Waals surface area contributed by atoms with Crippen LogP contribution in [0.15, 0.2) is 12.2 Å². The lowest BCUT2D eigenvalue weighted by molar-refractivity contribution is -0.564. The summed E-state index contributed by atoms with van der Waals surface area (Å²) >= 11 is 0. The molecule has 0 unspecified atom stereocenters. The van der Waals surface area contributed by atoms with Gasteiger partial charge < -0.3 is 18.9 Å². The first kappa shape index (κ1) is 25.6. The van der Waals surface area contributed by atoms with Crippen LogP contribution >= 0.6 is 0 Å². The number of esters is 2. The fourth-order valence-electron chi connectivity index (χ4n) is 4.86. The molecule has 1 aliphatic heterocycles. The van der Waals surface area contributed by atoms with E-state index >= 15 is 0 Å². The molecule has 0 aromatic carbocycles. The van der Waals surface area contributed by atoms with Gasteiger partial charge in [-0.25, -0.2) is 4.79 Å². The van der Waals surface area contributed by atoms with E-state index in [1.807, 2.05) is 0 Å². The van der Waals surface area contributed by atoms with E-state index in [0.717, 1.165) is 14.2 Å². The van der Waals surface area contributed by atoms with Crippen LogP contribution in [0.2, 0.25) is 0 Å². The largest absolute Gasteiger partial charge is 0.468 e. The predicted molar refractivity (Wildman–Crippen MR) is 111 cm³/mol. The van der Waals surface area contributed by atoms with Crippen LogP contribution in [-0.2, 0) is 28.5 Å². The Kier molecular flexibility index (Phi) is 6.41. The van der Waals surface area contributed by atoms with E-state index in [0.29, 0.717) is 0 Å². The van der Waals surface area contributed by atoms with Gasteiger partial charge in [0.25, 0.3) is 0 Å². The molecule has 2 rings (SSSR count). The summed E-state index contributed by atoms with van der Waals surface area (Å²) in [5.41, 5.74) is -6.12. The van der Waals surface area contributed by atoms with Crippen LogP contribution < -0.4 is 0 Å². The van der Waals surface area contributed by atoms with Crippen molar-refractivity contribution < 1.29 is 38.3 Å². The first-order chi connectivity index (χ1) is 14.5. The molecule has 11 nitrogen and oxygen atoms in total. The maximum absolute atomic E-state index is 13.2. The topological polar surface area (TPSA) is 135 Å². The van der Waals surface area contributed by atoms with Crippen LogP contribution in [0.25, 0.3) is 0 Å². The highest BCUT2D eigenvalue weighted by Crippen LogP contribution is 2.58. The highest BCUT2D eigenvalue weighted by Gasteiger charge is 2.76. The summed E-state index contributed by atoms with van der Waals surface area (Å²) in [6, 6.07) is -1.09. The van der Waals surface area contributed by atoms with Gasteiger partial charge in [0.2, 0.25) is 5.54 Å². The van der Waals surface area contributed by atoms with E-state index in [4.69, 9.17) is 18.9 Å². The molecule has 0 bridgehead atoms. The van der Waals surface area contributed by atoms with Gasteiger partial charge in [-0.1, -0.05) is 6.58 Å². The summed E-state index contributed by atoms with van der Waals surface area (Å²) in [6.07, 6.45) is -1.16. The van der Waals surface area contributed by atoms with E-state index in [9.17, 15) is 24.5 Å². The molecular weight excluding hydrogens is 424 g/mol. The zero-order valence-electron chi connectivity index (χ0n) is 19.8. The van der Waals surface area contributed by atoms with Crippen molar-refractivity contribution in [1.29, 1.82) is 0 Å². The molecule has 2 fully saturated rings. The quantitative estimate of drug-likeness (QED) is 0.156. The van der Waals surface area contributed by atoms with E-state index < -0.39 is 57.2 Å². The van der Waals surface area contributed by atoms with Gasteiger partial charge in [-0.2, -0.15) is 0 Å². The van der Waals surface area contributed by atoms with Crippen molar-refractivity contribution >= 4 is 18.0 Å². The number of methoxy groups -OCH3 is 2. The Morgan fingerprint density at radius 3 is 2.06 bits per heavy atom. The maximum atomic E-state index is 13.2. The number of nitro groups is 1. The Bertz CT molecular complexity index is 829. The summed E-state index contributed by atoms with van der Waals surface area (Å²) in [5.74, 6) is -3.41. The second-order valence-electron chi connectivity index (χ2n) is 9.79. The van der Waals surface area contributed by atoms with Crippen molar-refractivity contribution in [2.75, 3.05) is 20.8 Å². The van der Waals surface area contributed by atoms with Crippen LogP contribution in [0.3, 0.4) is 0 Å². The maximum Gasteiger partial charge on any atom is 0.412 e. The molecule has 3 atom stereocenters. The molecule has 11 heteroatoms. The average molecular weight is 456 g/mol. The molecule has 0 aromatic heterocycles. The van der Waals surface area contributed by atoms with E-state index in [1.165, 1.54) is 11.8 Å². The Morgan fingerprint density at radius 2 is 1.66 bits per heavy atom. The summed E-state index contributed by atoms with van der Waals surface area (Å²) in [5, 5.41) is 12.3. The third-order valence-corrected chi connectivity index (χ3v) is 6.32. The van der Waals surface area contributed by atoms with Crippen molar-refractivity contribution in [3.05, 3.63) is 22.3 Å². The van der Waals surface area contributed by atoms with E-state index in [1.54, 1.807) is 34.6 Å². The van der Waals surface area contributed by atoms with Crippen molar-refractivity contribution in [2.24, 2.45) is 11.3 Å². The third-order valence-electron chi connectivity index (χ3n) is 6.32. The summed E-state index contributed by atoms with van der Waals surface area (Å²) in [6.45, 7) is 13.1. The van der Waals surface area contributed by atoms with Gasteiger partial charge in [-0.3, -0.25) is 24.6 Å². The second-order valence-corrected chi connectivity index (χ2v) is 9.79. The number of ether oxygens (including phenoxy) is 4. The smallest absolute Gasteiger partial charge is 0.412 e. The number of rotatable bonds is 4. The van der Waals surface area contributed by atoms with Gasteiger partial charge in [0, 0.05) is 23.8 Å². The standard InChI is InChI=1S/C21H32N2O9/c1-12-10-21(15(24)29-8,16(25)30-9)14(20(12,7)23(27)28)13-11-31-19(5,6)22(13)17(26)32-18(2,3)4/h13-14H,1,10-11H2,2-9H3/t13-,14+,20-/m0/s1. The minimum Gasteiger partial charge on any atom is -0.468 e. The molecule has 0 spiro atoms. The number of carbonyl (C=O) groups excluding carboxylic acids is 3. The third kappa shape index (κ3) is 3.72. The minimum absolute atomic E-state index is 0.0390. The van der Waals surface area contributed by atoms with Crippen molar-refractivity contribution in [3.63, 3.8) is 0 Å². The molecule has 0 N–H and O–H groups in total. The predicted octanol–water partition coefficient (Wildman–Crippen LogP) is 2.30. The van der Waals surface area contributed by atoms with Gasteiger partial charge in [0.1, 0.15) is 11.3 Å². The monoisotopic (exact) mass is 456 g/mol. The lowest BCUT2D eigenvalue weighted by atomic mass is 9.68. The molecule has 32 heavy (non-hydrogen) atoms. The number of nitrogens with zero attached hydrogens (tertiary/aromatic N) is 2. The Balaban J connectivity index is 2.79. The zero-order chi connectivity index (χ0) is 24.9. The Morgan fingerprint density at radius 1 is 1.16 bits per heavy atom. The fourth-order valence-corrected chi connectivity index (χ4v) is 4.86. The highest BCUT2D eigenvalue weighted by molar-refractivity contribution is 6.02. The number of carbonyl (C=O) groups is 3. The molecular formula is C21H32N2O9. The first-order valence-electron chi connectivity index (χ1n) is 10.2. The van der Waals surface area contributed by atoms with Crippen molar-refractivity contribution in [3.8, 4) is 0 Å². The van der Waals surface area contributed by atoms with Crippen LogP contribution in [0.1, 0.15) is 48.0 Å². The highest BCUT2D eigenvalue weighted by atomic mass is 16.6. The van der Waals surface area contributed by atoms with Gasteiger partial charge >= 0.3 is 18.0 Å². The van der Waals surface area contributed by atoms with Gasteiger partial charge in [0.15, 0.2) is 5.41 Å². The summed E-state index contributed by atoms with van der Waals surface area (Å²) < 4.78 is 21.2.